The molecule has 0 heterocycles. The van der Waals surface area contributed by atoms with Crippen LogP contribution < -0.4 is 0 Å². The highest BCUT2D eigenvalue weighted by Gasteiger charge is 2.05. The van der Waals surface area contributed by atoms with Crippen molar-refractivity contribution >= 4 is 11.6 Å². The molecule has 0 saturated heterocycles. The molecular formula is C11H14O2. The van der Waals surface area contributed by atoms with E-state index in [2.05, 4.69) is 11.8 Å². The topological polar surface area (TPSA) is 34.1 Å². The highest BCUT2D eigenvalue weighted by Crippen LogP contribution is 2.07. The van der Waals surface area contributed by atoms with Crippen LogP contribution in [0.2, 0.25) is 0 Å². The minimum Gasteiger partial charge on any atom is -0.300 e. The molecule has 0 unspecified atom stereocenters. The minimum atomic E-state index is -0.0877. The summed E-state index contributed by atoms with van der Waals surface area (Å²) < 4.78 is 0. The van der Waals surface area contributed by atoms with E-state index in [1.165, 1.54) is 0 Å². The molecule has 2 nitrogen and oxygen atoms in total. The van der Waals surface area contributed by atoms with Crippen molar-refractivity contribution in [1.29, 1.82) is 0 Å². The van der Waals surface area contributed by atoms with E-state index in [1.54, 1.807) is 0 Å². The molecule has 1 rings (SSSR count). The molecule has 2 heteroatoms. The molecule has 0 aromatic carbocycles. The van der Waals surface area contributed by atoms with Crippen LogP contribution in [0.15, 0.2) is 0 Å². The van der Waals surface area contributed by atoms with Crippen molar-refractivity contribution in [3.8, 4) is 11.8 Å². The molecule has 0 radical (unpaired) electrons. The lowest BCUT2D eigenvalue weighted by Gasteiger charge is -1.97. The molecule has 0 atom stereocenters. The Morgan fingerprint density at radius 2 is 1.77 bits per heavy atom. The number of rotatable bonds is 0. The molecule has 0 aliphatic heterocycles. The van der Waals surface area contributed by atoms with Gasteiger partial charge in [-0.15, -0.1) is 0 Å². The van der Waals surface area contributed by atoms with Crippen LogP contribution in [0.4, 0.5) is 0 Å². The van der Waals surface area contributed by atoms with Gasteiger partial charge in [0.1, 0.15) is 5.78 Å². The zero-order valence-corrected chi connectivity index (χ0v) is 7.77. The Bertz CT molecular complexity index is 255. The third-order valence-electron chi connectivity index (χ3n) is 2.12. The molecular weight excluding hydrogens is 164 g/mol. The second-order valence-electron chi connectivity index (χ2n) is 3.32. The molecule has 13 heavy (non-hydrogen) atoms. The van der Waals surface area contributed by atoms with Gasteiger partial charge < -0.3 is 0 Å². The van der Waals surface area contributed by atoms with E-state index in [0.717, 1.165) is 25.7 Å². The SMILES string of the molecule is O=C1C#CCCCCCC(=O)CC1. The van der Waals surface area contributed by atoms with Crippen LogP contribution in [0.1, 0.15) is 44.9 Å². The van der Waals surface area contributed by atoms with Gasteiger partial charge in [-0.2, -0.15) is 0 Å². The summed E-state index contributed by atoms with van der Waals surface area (Å²) in [6, 6.07) is 0. The maximum atomic E-state index is 11.2. The second kappa shape index (κ2) is 5.53. The smallest absolute Gasteiger partial charge is 0.205 e. The van der Waals surface area contributed by atoms with E-state index in [9.17, 15) is 9.59 Å². The van der Waals surface area contributed by atoms with Gasteiger partial charge in [0.05, 0.1) is 0 Å². The molecule has 70 valence electrons. The Morgan fingerprint density at radius 1 is 0.923 bits per heavy atom. The lowest BCUT2D eigenvalue weighted by molar-refractivity contribution is -0.122. The maximum Gasteiger partial charge on any atom is 0.205 e. The van der Waals surface area contributed by atoms with E-state index >= 15 is 0 Å². The summed E-state index contributed by atoms with van der Waals surface area (Å²) in [5.74, 6) is 5.51. The normalized spacial score (nSPS) is 20.0. The first-order valence-corrected chi connectivity index (χ1v) is 4.82. The standard InChI is InChI=1S/C11H14O2/c12-10-6-4-2-1-3-5-7-11(13)9-8-10/h1-4,6,8-9H2. The monoisotopic (exact) mass is 178 g/mol. The number of carbonyl (C=O) groups excluding carboxylic acids is 2. The van der Waals surface area contributed by atoms with Gasteiger partial charge in [-0.1, -0.05) is 12.3 Å². The lowest BCUT2D eigenvalue weighted by Crippen LogP contribution is -2.01. The zero-order chi connectivity index (χ0) is 9.52. The second-order valence-corrected chi connectivity index (χ2v) is 3.32. The molecule has 1 aliphatic rings. The average Bonchev–Trinajstić information content (AvgIpc) is 2.15. The Labute approximate surface area is 78.7 Å². The molecule has 0 spiro atoms. The van der Waals surface area contributed by atoms with Crippen LogP contribution in [0, 0.1) is 11.8 Å². The fourth-order valence-electron chi connectivity index (χ4n) is 1.31. The first kappa shape index (κ1) is 9.98. The summed E-state index contributed by atoms with van der Waals surface area (Å²) in [4.78, 5) is 22.2. The van der Waals surface area contributed by atoms with Gasteiger partial charge in [0.15, 0.2) is 0 Å². The predicted octanol–water partition coefficient (Wildman–Crippen LogP) is 1.87. The van der Waals surface area contributed by atoms with Gasteiger partial charge in [-0.3, -0.25) is 9.59 Å². The molecule has 1 aliphatic carbocycles. The van der Waals surface area contributed by atoms with Crippen molar-refractivity contribution in [3.63, 3.8) is 0 Å². The summed E-state index contributed by atoms with van der Waals surface area (Å²) in [6.07, 6.45) is 5.13. The maximum absolute atomic E-state index is 11.2. The summed E-state index contributed by atoms with van der Waals surface area (Å²) in [7, 11) is 0. The van der Waals surface area contributed by atoms with Crippen molar-refractivity contribution in [2.75, 3.05) is 0 Å². The third kappa shape index (κ3) is 4.47. The fourth-order valence-corrected chi connectivity index (χ4v) is 1.31. The summed E-state index contributed by atoms with van der Waals surface area (Å²) >= 11 is 0. The molecule has 0 amide bonds. The first-order chi connectivity index (χ1) is 6.29. The van der Waals surface area contributed by atoms with E-state index in [-0.39, 0.29) is 11.6 Å². The Morgan fingerprint density at radius 3 is 2.62 bits per heavy atom. The largest absolute Gasteiger partial charge is 0.300 e. The Balaban J connectivity index is 2.46. The quantitative estimate of drug-likeness (QED) is 0.419. The molecule has 0 bridgehead atoms. The van der Waals surface area contributed by atoms with Gasteiger partial charge >= 0.3 is 0 Å². The Hall–Kier alpha value is -1.10. The molecule has 0 saturated carbocycles. The number of hydrogen-bond acceptors (Lipinski definition) is 2. The van der Waals surface area contributed by atoms with Crippen molar-refractivity contribution in [2.45, 2.75) is 44.9 Å². The van der Waals surface area contributed by atoms with Crippen LogP contribution in [0.25, 0.3) is 0 Å². The van der Waals surface area contributed by atoms with E-state index in [4.69, 9.17) is 0 Å². The fraction of sp³-hybridized carbons (Fsp3) is 0.636. The van der Waals surface area contributed by atoms with Crippen LogP contribution in [0.5, 0.6) is 0 Å². The number of Topliss-reactive ketones (excluding diaryl/α,β-unsaturated/α-hetero) is 2. The van der Waals surface area contributed by atoms with Crippen LogP contribution in [0.3, 0.4) is 0 Å². The van der Waals surface area contributed by atoms with Crippen molar-refractivity contribution in [1.82, 2.24) is 0 Å². The zero-order valence-electron chi connectivity index (χ0n) is 7.77. The van der Waals surface area contributed by atoms with Crippen molar-refractivity contribution in [2.24, 2.45) is 0 Å². The summed E-state index contributed by atoms with van der Waals surface area (Å²) in [6.45, 7) is 0. The predicted molar refractivity (Wildman–Crippen MR) is 50.1 cm³/mol. The highest BCUT2D eigenvalue weighted by atomic mass is 16.1. The highest BCUT2D eigenvalue weighted by molar-refractivity contribution is 5.97. The first-order valence-electron chi connectivity index (χ1n) is 4.82. The summed E-state index contributed by atoms with van der Waals surface area (Å²) in [5, 5.41) is 0. The van der Waals surface area contributed by atoms with Crippen molar-refractivity contribution < 1.29 is 9.59 Å². The number of carbonyl (C=O) groups is 2. The van der Waals surface area contributed by atoms with Crippen LogP contribution in [-0.2, 0) is 9.59 Å². The van der Waals surface area contributed by atoms with Gasteiger partial charge in [-0.05, 0) is 18.8 Å². The number of ketones is 2. The van der Waals surface area contributed by atoms with E-state index < -0.39 is 0 Å². The molecule has 0 fully saturated rings. The van der Waals surface area contributed by atoms with Crippen LogP contribution in [-0.4, -0.2) is 11.6 Å². The van der Waals surface area contributed by atoms with Gasteiger partial charge in [-0.25, -0.2) is 0 Å². The minimum absolute atomic E-state index is 0.0877. The Kier molecular flexibility index (Phi) is 4.25. The lowest BCUT2D eigenvalue weighted by atomic mass is 10.1. The van der Waals surface area contributed by atoms with Gasteiger partial charge in [0.2, 0.25) is 5.78 Å². The van der Waals surface area contributed by atoms with E-state index in [0.29, 0.717) is 19.3 Å². The van der Waals surface area contributed by atoms with Crippen molar-refractivity contribution in [3.05, 3.63) is 0 Å². The molecule has 0 aromatic rings. The average molecular weight is 178 g/mol. The summed E-state index contributed by atoms with van der Waals surface area (Å²) in [5.41, 5.74) is 0. The number of hydrogen-bond donors (Lipinski definition) is 0. The van der Waals surface area contributed by atoms with Gasteiger partial charge in [0, 0.05) is 25.7 Å². The molecule has 0 aromatic heterocycles. The van der Waals surface area contributed by atoms with Gasteiger partial charge in [0.25, 0.3) is 0 Å². The van der Waals surface area contributed by atoms with E-state index in [1.807, 2.05) is 0 Å². The third-order valence-corrected chi connectivity index (χ3v) is 2.12. The molecule has 0 N–H and O–H groups in total. The van der Waals surface area contributed by atoms with Crippen LogP contribution >= 0.6 is 0 Å².